The summed E-state index contributed by atoms with van der Waals surface area (Å²) < 4.78 is 18.5. The van der Waals surface area contributed by atoms with E-state index in [9.17, 15) is 9.18 Å². The topological polar surface area (TPSA) is 26.3 Å². The van der Waals surface area contributed by atoms with Crippen LogP contribution in [0.2, 0.25) is 0 Å². The van der Waals surface area contributed by atoms with Crippen LogP contribution in [0.1, 0.15) is 17.5 Å². The zero-order valence-corrected chi connectivity index (χ0v) is 8.63. The van der Waals surface area contributed by atoms with Crippen LogP contribution >= 0.6 is 0 Å². The lowest BCUT2D eigenvalue weighted by atomic mass is 9.97. The predicted octanol–water partition coefficient (Wildman–Crippen LogP) is 2.24. The largest absolute Gasteiger partial charge is 0.465 e. The first-order valence-electron chi connectivity index (χ1n) is 5.06. The van der Waals surface area contributed by atoms with Crippen LogP contribution in [-0.2, 0) is 16.0 Å². The molecule has 1 fully saturated rings. The second-order valence-corrected chi connectivity index (χ2v) is 4.01. The molecule has 15 heavy (non-hydrogen) atoms. The van der Waals surface area contributed by atoms with Gasteiger partial charge in [-0.3, -0.25) is 4.79 Å². The van der Waals surface area contributed by atoms with Crippen LogP contribution in [0.4, 0.5) is 4.39 Å². The lowest BCUT2D eigenvalue weighted by Gasteiger charge is -2.08. The SMILES string of the molecule is Cc1cccc(C[C@@H]2COC(=O)C2)c1F. The summed E-state index contributed by atoms with van der Waals surface area (Å²) in [5.74, 6) is -0.196. The first-order chi connectivity index (χ1) is 7.16. The molecular weight excluding hydrogens is 195 g/mol. The molecular formula is C12H13FO2. The Morgan fingerprint density at radius 3 is 3.00 bits per heavy atom. The second kappa shape index (κ2) is 4.01. The number of esters is 1. The van der Waals surface area contributed by atoms with Crippen LogP contribution in [0.5, 0.6) is 0 Å². The van der Waals surface area contributed by atoms with Crippen LogP contribution in [0.25, 0.3) is 0 Å². The number of hydrogen-bond acceptors (Lipinski definition) is 2. The summed E-state index contributed by atoms with van der Waals surface area (Å²) in [6.45, 7) is 2.17. The number of aryl methyl sites for hydroxylation is 1. The molecule has 1 aliphatic heterocycles. The average Bonchev–Trinajstić information content (AvgIpc) is 2.59. The van der Waals surface area contributed by atoms with E-state index in [0.29, 0.717) is 30.6 Å². The molecule has 1 aliphatic rings. The zero-order valence-electron chi connectivity index (χ0n) is 8.63. The lowest BCUT2D eigenvalue weighted by Crippen LogP contribution is -2.06. The molecule has 1 atom stereocenters. The van der Waals surface area contributed by atoms with Crippen molar-refractivity contribution in [1.29, 1.82) is 0 Å². The molecule has 0 radical (unpaired) electrons. The highest BCUT2D eigenvalue weighted by Crippen LogP contribution is 2.22. The van der Waals surface area contributed by atoms with E-state index in [-0.39, 0.29) is 17.7 Å². The lowest BCUT2D eigenvalue weighted by molar-refractivity contribution is -0.137. The minimum Gasteiger partial charge on any atom is -0.465 e. The summed E-state index contributed by atoms with van der Waals surface area (Å²) in [6.07, 6.45) is 0.993. The summed E-state index contributed by atoms with van der Waals surface area (Å²) in [5.41, 5.74) is 1.33. The van der Waals surface area contributed by atoms with Crippen molar-refractivity contribution < 1.29 is 13.9 Å². The number of hydrogen-bond donors (Lipinski definition) is 0. The smallest absolute Gasteiger partial charge is 0.306 e. The van der Waals surface area contributed by atoms with Crippen molar-refractivity contribution in [3.05, 3.63) is 35.1 Å². The summed E-state index contributed by atoms with van der Waals surface area (Å²) in [7, 11) is 0. The standard InChI is InChI=1S/C12H13FO2/c1-8-3-2-4-10(12(8)13)5-9-6-11(14)15-7-9/h2-4,9H,5-7H2,1H3/t9-/m0/s1. The van der Waals surface area contributed by atoms with Crippen molar-refractivity contribution in [3.8, 4) is 0 Å². The molecule has 1 heterocycles. The van der Waals surface area contributed by atoms with E-state index < -0.39 is 0 Å². The number of ether oxygens (including phenoxy) is 1. The van der Waals surface area contributed by atoms with E-state index in [1.807, 2.05) is 6.07 Å². The Morgan fingerprint density at radius 2 is 2.33 bits per heavy atom. The summed E-state index contributed by atoms with van der Waals surface area (Å²) >= 11 is 0. The molecule has 0 spiro atoms. The highest BCUT2D eigenvalue weighted by atomic mass is 19.1. The number of carbonyl (C=O) groups is 1. The Labute approximate surface area is 88.1 Å². The molecule has 0 aromatic heterocycles. The highest BCUT2D eigenvalue weighted by molar-refractivity contribution is 5.71. The van der Waals surface area contributed by atoms with Gasteiger partial charge in [0.15, 0.2) is 0 Å². The maximum atomic E-state index is 13.6. The molecule has 0 N–H and O–H groups in total. The van der Waals surface area contributed by atoms with Gasteiger partial charge in [-0.15, -0.1) is 0 Å². The third-order valence-corrected chi connectivity index (χ3v) is 2.72. The van der Waals surface area contributed by atoms with Gasteiger partial charge in [0.25, 0.3) is 0 Å². The van der Waals surface area contributed by atoms with Crippen molar-refractivity contribution in [2.24, 2.45) is 5.92 Å². The number of halogens is 1. The fourth-order valence-corrected chi connectivity index (χ4v) is 1.87. The van der Waals surface area contributed by atoms with E-state index in [4.69, 9.17) is 4.74 Å². The number of rotatable bonds is 2. The minimum absolute atomic E-state index is 0.133. The molecule has 1 aromatic rings. The van der Waals surface area contributed by atoms with Gasteiger partial charge in [-0.05, 0) is 24.5 Å². The summed E-state index contributed by atoms with van der Waals surface area (Å²) in [6, 6.07) is 5.35. The Hall–Kier alpha value is -1.38. The van der Waals surface area contributed by atoms with Gasteiger partial charge in [0.05, 0.1) is 13.0 Å². The zero-order chi connectivity index (χ0) is 10.8. The Kier molecular flexibility index (Phi) is 2.71. The van der Waals surface area contributed by atoms with Crippen LogP contribution in [0.3, 0.4) is 0 Å². The Bertz CT molecular complexity index is 387. The van der Waals surface area contributed by atoms with Crippen molar-refractivity contribution in [3.63, 3.8) is 0 Å². The maximum Gasteiger partial charge on any atom is 0.306 e. The Balaban J connectivity index is 2.11. The minimum atomic E-state index is -0.173. The highest BCUT2D eigenvalue weighted by Gasteiger charge is 2.24. The molecule has 0 unspecified atom stereocenters. The van der Waals surface area contributed by atoms with Crippen molar-refractivity contribution in [1.82, 2.24) is 0 Å². The van der Waals surface area contributed by atoms with Crippen molar-refractivity contribution in [2.45, 2.75) is 19.8 Å². The van der Waals surface area contributed by atoms with E-state index >= 15 is 0 Å². The van der Waals surface area contributed by atoms with E-state index in [1.54, 1.807) is 19.1 Å². The van der Waals surface area contributed by atoms with Crippen molar-refractivity contribution >= 4 is 5.97 Å². The molecule has 0 aliphatic carbocycles. The maximum absolute atomic E-state index is 13.6. The summed E-state index contributed by atoms with van der Waals surface area (Å²) in [4.78, 5) is 10.9. The first-order valence-corrected chi connectivity index (χ1v) is 5.06. The van der Waals surface area contributed by atoms with Gasteiger partial charge in [-0.1, -0.05) is 18.2 Å². The monoisotopic (exact) mass is 208 g/mol. The van der Waals surface area contributed by atoms with Crippen molar-refractivity contribution in [2.75, 3.05) is 6.61 Å². The van der Waals surface area contributed by atoms with Crippen LogP contribution in [0, 0.1) is 18.7 Å². The predicted molar refractivity (Wildman–Crippen MR) is 53.9 cm³/mol. The number of carbonyl (C=O) groups excluding carboxylic acids is 1. The second-order valence-electron chi connectivity index (χ2n) is 4.01. The van der Waals surface area contributed by atoms with Crippen LogP contribution in [0.15, 0.2) is 18.2 Å². The van der Waals surface area contributed by atoms with Gasteiger partial charge >= 0.3 is 5.97 Å². The first kappa shape index (κ1) is 10.1. The van der Waals surface area contributed by atoms with E-state index in [1.165, 1.54) is 0 Å². The molecule has 0 amide bonds. The van der Waals surface area contributed by atoms with Gasteiger partial charge in [-0.2, -0.15) is 0 Å². The molecule has 1 aromatic carbocycles. The Morgan fingerprint density at radius 1 is 1.53 bits per heavy atom. The molecule has 0 saturated carbocycles. The summed E-state index contributed by atoms with van der Waals surface area (Å²) in [5, 5.41) is 0. The van der Waals surface area contributed by atoms with Gasteiger partial charge in [0.2, 0.25) is 0 Å². The van der Waals surface area contributed by atoms with Crippen LogP contribution in [-0.4, -0.2) is 12.6 Å². The quantitative estimate of drug-likeness (QED) is 0.697. The van der Waals surface area contributed by atoms with Crippen LogP contribution < -0.4 is 0 Å². The molecule has 2 rings (SSSR count). The third-order valence-electron chi connectivity index (χ3n) is 2.72. The third kappa shape index (κ3) is 2.17. The molecule has 2 nitrogen and oxygen atoms in total. The normalized spacial score (nSPS) is 20.4. The molecule has 1 saturated heterocycles. The average molecular weight is 208 g/mol. The van der Waals surface area contributed by atoms with Gasteiger partial charge < -0.3 is 4.74 Å². The van der Waals surface area contributed by atoms with Gasteiger partial charge in [-0.25, -0.2) is 4.39 Å². The fourth-order valence-electron chi connectivity index (χ4n) is 1.87. The fraction of sp³-hybridized carbons (Fsp3) is 0.417. The molecule has 80 valence electrons. The molecule has 3 heteroatoms. The number of cyclic esters (lactones) is 1. The van der Waals surface area contributed by atoms with E-state index in [2.05, 4.69) is 0 Å². The molecule has 0 bridgehead atoms. The van der Waals surface area contributed by atoms with Gasteiger partial charge in [0, 0.05) is 5.92 Å². The number of benzene rings is 1. The van der Waals surface area contributed by atoms with Gasteiger partial charge in [0.1, 0.15) is 5.82 Å². The van der Waals surface area contributed by atoms with E-state index in [0.717, 1.165) is 0 Å².